The summed E-state index contributed by atoms with van der Waals surface area (Å²) in [6.07, 6.45) is 0. The summed E-state index contributed by atoms with van der Waals surface area (Å²) in [4.78, 5) is 9.87. The number of phenols is 1. The van der Waals surface area contributed by atoms with Gasteiger partial charge in [0.25, 0.3) is 10.1 Å². The van der Waals surface area contributed by atoms with Crippen LogP contribution >= 0.6 is 0 Å². The van der Waals surface area contributed by atoms with E-state index in [4.69, 9.17) is 9.66 Å². The lowest BCUT2D eigenvalue weighted by molar-refractivity contribution is 0.0692. The van der Waals surface area contributed by atoms with E-state index in [1.54, 1.807) is 0 Å². The van der Waals surface area contributed by atoms with E-state index in [9.17, 15) is 18.3 Å². The monoisotopic (exact) mass is 232 g/mol. The minimum Gasteiger partial charge on any atom is -0.506 e. The van der Waals surface area contributed by atoms with Gasteiger partial charge in [0, 0.05) is 0 Å². The van der Waals surface area contributed by atoms with Gasteiger partial charge in [-0.25, -0.2) is 4.79 Å². The zero-order chi connectivity index (χ0) is 11.8. The predicted octanol–water partition coefficient (Wildman–Crippen LogP) is 0.646. The molecule has 7 heteroatoms. The molecule has 0 atom stereocenters. The lowest BCUT2D eigenvalue weighted by atomic mass is 10.1. The molecule has 0 saturated carbocycles. The number of carboxylic acid groups (broad SMARTS) is 1. The number of hydrogen-bond donors (Lipinski definition) is 3. The van der Waals surface area contributed by atoms with Gasteiger partial charge in [0.15, 0.2) is 5.75 Å². The summed E-state index contributed by atoms with van der Waals surface area (Å²) < 4.78 is 30.2. The first-order valence-corrected chi connectivity index (χ1v) is 5.22. The van der Waals surface area contributed by atoms with Gasteiger partial charge in [0.05, 0.1) is 0 Å². The zero-order valence-corrected chi connectivity index (χ0v) is 8.45. The van der Waals surface area contributed by atoms with E-state index in [0.717, 1.165) is 6.07 Å². The van der Waals surface area contributed by atoms with Crippen molar-refractivity contribution < 1.29 is 28.0 Å². The van der Waals surface area contributed by atoms with Gasteiger partial charge < -0.3 is 10.2 Å². The molecule has 0 radical (unpaired) electrons. The summed E-state index contributed by atoms with van der Waals surface area (Å²) in [5.41, 5.74) is -0.336. The number of aryl methyl sites for hydroxylation is 1. The van der Waals surface area contributed by atoms with Crippen LogP contribution in [0.2, 0.25) is 0 Å². The smallest absolute Gasteiger partial charge is 0.339 e. The summed E-state index contributed by atoms with van der Waals surface area (Å²) in [6.45, 7) is 1.40. The second kappa shape index (κ2) is 3.52. The number of aromatic hydroxyl groups is 1. The first-order valence-electron chi connectivity index (χ1n) is 3.78. The molecule has 0 aliphatic heterocycles. The Morgan fingerprint density at radius 1 is 1.33 bits per heavy atom. The number of benzene rings is 1. The Bertz CT molecular complexity index is 516. The van der Waals surface area contributed by atoms with Gasteiger partial charge in [-0.1, -0.05) is 6.07 Å². The van der Waals surface area contributed by atoms with Crippen LogP contribution in [0.1, 0.15) is 15.9 Å². The highest BCUT2D eigenvalue weighted by Crippen LogP contribution is 2.29. The van der Waals surface area contributed by atoms with Crippen molar-refractivity contribution in [2.24, 2.45) is 0 Å². The minimum atomic E-state index is -4.62. The van der Waals surface area contributed by atoms with Crippen LogP contribution in [0.25, 0.3) is 0 Å². The first-order chi connectivity index (χ1) is 6.75. The zero-order valence-electron chi connectivity index (χ0n) is 7.63. The van der Waals surface area contributed by atoms with Crippen LogP contribution in [-0.2, 0) is 10.1 Å². The van der Waals surface area contributed by atoms with Crippen LogP contribution in [0.3, 0.4) is 0 Å². The Hall–Kier alpha value is -1.60. The number of rotatable bonds is 2. The number of carboxylic acids is 1. The highest BCUT2D eigenvalue weighted by atomic mass is 32.2. The van der Waals surface area contributed by atoms with Crippen LogP contribution in [0.15, 0.2) is 17.0 Å². The maximum absolute atomic E-state index is 10.7. The average Bonchev–Trinajstić information content (AvgIpc) is 2.00. The first kappa shape index (κ1) is 11.5. The Morgan fingerprint density at radius 3 is 2.27 bits per heavy atom. The third kappa shape index (κ3) is 2.08. The molecule has 0 aromatic heterocycles. The molecule has 1 aromatic rings. The normalized spacial score (nSPS) is 11.3. The van der Waals surface area contributed by atoms with Crippen LogP contribution in [-0.4, -0.2) is 29.2 Å². The lowest BCUT2D eigenvalue weighted by Crippen LogP contribution is -2.05. The van der Waals surface area contributed by atoms with E-state index in [-0.39, 0.29) is 5.56 Å². The molecule has 0 bridgehead atoms. The van der Waals surface area contributed by atoms with E-state index in [1.165, 1.54) is 13.0 Å². The fraction of sp³-hybridized carbons (Fsp3) is 0.125. The molecule has 0 heterocycles. The molecular formula is C8H8O6S. The van der Waals surface area contributed by atoms with E-state index >= 15 is 0 Å². The molecule has 0 aliphatic rings. The molecule has 0 amide bonds. The molecule has 15 heavy (non-hydrogen) atoms. The Balaban J connectivity index is 3.64. The van der Waals surface area contributed by atoms with E-state index in [1.807, 2.05) is 0 Å². The van der Waals surface area contributed by atoms with Gasteiger partial charge in [-0.3, -0.25) is 4.55 Å². The molecule has 0 spiro atoms. The summed E-state index contributed by atoms with van der Waals surface area (Å²) in [5.74, 6) is -2.42. The van der Waals surface area contributed by atoms with Crippen molar-refractivity contribution in [1.29, 1.82) is 0 Å². The fourth-order valence-corrected chi connectivity index (χ4v) is 1.74. The van der Waals surface area contributed by atoms with Crippen LogP contribution in [0.5, 0.6) is 5.75 Å². The van der Waals surface area contributed by atoms with Gasteiger partial charge in [-0.15, -0.1) is 0 Å². The van der Waals surface area contributed by atoms with Gasteiger partial charge in [-0.2, -0.15) is 8.42 Å². The average molecular weight is 232 g/mol. The van der Waals surface area contributed by atoms with Crippen molar-refractivity contribution in [1.82, 2.24) is 0 Å². The quantitative estimate of drug-likeness (QED) is 0.645. The largest absolute Gasteiger partial charge is 0.506 e. The SMILES string of the molecule is Cc1ccc(S(=O)(=O)O)c(O)c1C(=O)O. The molecule has 1 rings (SSSR count). The molecule has 0 fully saturated rings. The second-order valence-corrected chi connectivity index (χ2v) is 4.27. The van der Waals surface area contributed by atoms with E-state index < -0.39 is 32.3 Å². The van der Waals surface area contributed by atoms with E-state index in [0.29, 0.717) is 0 Å². The van der Waals surface area contributed by atoms with Gasteiger partial charge in [0.1, 0.15) is 10.5 Å². The van der Waals surface area contributed by atoms with Gasteiger partial charge in [-0.05, 0) is 18.6 Å². The van der Waals surface area contributed by atoms with E-state index in [2.05, 4.69) is 0 Å². The molecule has 6 nitrogen and oxygen atoms in total. The topological polar surface area (TPSA) is 112 Å². The van der Waals surface area contributed by atoms with Gasteiger partial charge >= 0.3 is 5.97 Å². The third-order valence-electron chi connectivity index (χ3n) is 1.84. The highest BCUT2D eigenvalue weighted by Gasteiger charge is 2.22. The lowest BCUT2D eigenvalue weighted by Gasteiger charge is -2.06. The predicted molar refractivity (Wildman–Crippen MR) is 49.6 cm³/mol. The number of carbonyl (C=O) groups is 1. The molecule has 3 N–H and O–H groups in total. The van der Waals surface area contributed by atoms with Crippen LogP contribution in [0, 0.1) is 6.92 Å². The van der Waals surface area contributed by atoms with Crippen molar-refractivity contribution in [2.75, 3.05) is 0 Å². The molecule has 1 aromatic carbocycles. The number of aromatic carboxylic acids is 1. The minimum absolute atomic E-state index is 0.201. The maximum atomic E-state index is 10.7. The molecule has 0 aliphatic carbocycles. The van der Waals surface area contributed by atoms with Crippen molar-refractivity contribution in [2.45, 2.75) is 11.8 Å². The van der Waals surface area contributed by atoms with Crippen molar-refractivity contribution in [3.63, 3.8) is 0 Å². The Labute approximate surface area is 85.5 Å². The van der Waals surface area contributed by atoms with Crippen molar-refractivity contribution in [3.05, 3.63) is 23.3 Å². The molecule has 0 saturated heterocycles. The Morgan fingerprint density at radius 2 is 1.87 bits per heavy atom. The van der Waals surface area contributed by atoms with Crippen LogP contribution in [0.4, 0.5) is 0 Å². The Kier molecular flexibility index (Phi) is 2.69. The van der Waals surface area contributed by atoms with Gasteiger partial charge in [0.2, 0.25) is 0 Å². The summed E-state index contributed by atoms with van der Waals surface area (Å²) >= 11 is 0. The van der Waals surface area contributed by atoms with Crippen molar-refractivity contribution >= 4 is 16.1 Å². The molecule has 0 unspecified atom stereocenters. The second-order valence-electron chi connectivity index (χ2n) is 2.88. The number of hydrogen-bond acceptors (Lipinski definition) is 4. The molecular weight excluding hydrogens is 224 g/mol. The standard InChI is InChI=1S/C8H8O6S/c1-4-2-3-5(15(12,13)14)7(9)6(4)8(10)11/h2-3,9H,1H3,(H,10,11)(H,12,13,14). The summed E-state index contributed by atoms with van der Waals surface area (Å²) in [7, 11) is -4.62. The van der Waals surface area contributed by atoms with Crippen LogP contribution < -0.4 is 0 Å². The maximum Gasteiger partial charge on any atom is 0.339 e. The highest BCUT2D eigenvalue weighted by molar-refractivity contribution is 7.86. The summed E-state index contributed by atoms with van der Waals surface area (Å²) in [6, 6.07) is 2.12. The van der Waals surface area contributed by atoms with Crippen molar-refractivity contribution in [3.8, 4) is 5.75 Å². The molecule has 82 valence electrons. The third-order valence-corrected chi connectivity index (χ3v) is 2.73. The fourth-order valence-electron chi connectivity index (χ4n) is 1.15. The summed E-state index contributed by atoms with van der Waals surface area (Å²) in [5, 5.41) is 18.1.